The number of halogens is 4. The molecule has 0 spiro atoms. The summed E-state index contributed by atoms with van der Waals surface area (Å²) in [6.07, 6.45) is 1.48. The van der Waals surface area contributed by atoms with Gasteiger partial charge in [0.2, 0.25) is 0 Å². The third kappa shape index (κ3) is 3.35. The first kappa shape index (κ1) is 15.9. The van der Waals surface area contributed by atoms with Crippen LogP contribution in [0.4, 0.5) is 14.5 Å². The Morgan fingerprint density at radius 2 is 1.96 bits per heavy atom. The van der Waals surface area contributed by atoms with E-state index in [0.717, 1.165) is 12.1 Å². The topological polar surface area (TPSA) is 46.4 Å². The molecule has 0 saturated heterocycles. The highest BCUT2D eigenvalue weighted by atomic mass is 79.9. The first-order chi connectivity index (χ1) is 10.9. The smallest absolute Gasteiger partial charge is 0.258 e. The van der Waals surface area contributed by atoms with Gasteiger partial charge < -0.3 is 5.32 Å². The van der Waals surface area contributed by atoms with E-state index in [1.165, 1.54) is 16.7 Å². The van der Waals surface area contributed by atoms with E-state index in [1.807, 2.05) is 0 Å². The Balaban J connectivity index is 1.89. The van der Waals surface area contributed by atoms with Gasteiger partial charge in [-0.1, -0.05) is 11.6 Å². The molecule has 0 aliphatic carbocycles. The second kappa shape index (κ2) is 6.25. The third-order valence-electron chi connectivity index (χ3n) is 3.15. The SMILES string of the molecule is O=c1cc(CNc2cc(F)c(F)cc2Br)nc2ccc(Cl)cn12. The van der Waals surface area contributed by atoms with Crippen LogP contribution in [0.15, 0.2) is 45.8 Å². The Morgan fingerprint density at radius 3 is 2.74 bits per heavy atom. The van der Waals surface area contributed by atoms with Crippen molar-refractivity contribution in [3.8, 4) is 0 Å². The number of nitrogens with one attached hydrogen (secondary N) is 1. The largest absolute Gasteiger partial charge is 0.378 e. The van der Waals surface area contributed by atoms with E-state index in [4.69, 9.17) is 11.6 Å². The summed E-state index contributed by atoms with van der Waals surface area (Å²) in [5.74, 6) is -1.90. The van der Waals surface area contributed by atoms with E-state index in [0.29, 0.717) is 26.5 Å². The van der Waals surface area contributed by atoms with Crippen LogP contribution in [0, 0.1) is 11.6 Å². The van der Waals surface area contributed by atoms with Crippen LogP contribution < -0.4 is 10.9 Å². The van der Waals surface area contributed by atoms with Crippen molar-refractivity contribution in [2.75, 3.05) is 5.32 Å². The summed E-state index contributed by atoms with van der Waals surface area (Å²) >= 11 is 8.99. The molecule has 0 amide bonds. The second-order valence-corrected chi connectivity index (χ2v) is 6.05. The van der Waals surface area contributed by atoms with Crippen molar-refractivity contribution in [3.05, 3.63) is 73.7 Å². The molecule has 4 nitrogen and oxygen atoms in total. The highest BCUT2D eigenvalue weighted by Gasteiger charge is 2.09. The van der Waals surface area contributed by atoms with Crippen LogP contribution in [0.3, 0.4) is 0 Å². The van der Waals surface area contributed by atoms with Gasteiger partial charge in [0.1, 0.15) is 5.65 Å². The number of hydrogen-bond acceptors (Lipinski definition) is 3. The van der Waals surface area contributed by atoms with Crippen molar-refractivity contribution in [1.82, 2.24) is 9.38 Å². The number of hydrogen-bond donors (Lipinski definition) is 1. The van der Waals surface area contributed by atoms with Gasteiger partial charge >= 0.3 is 0 Å². The average Bonchev–Trinajstić information content (AvgIpc) is 2.50. The summed E-state index contributed by atoms with van der Waals surface area (Å²) in [4.78, 5) is 16.4. The van der Waals surface area contributed by atoms with Gasteiger partial charge in [-0.25, -0.2) is 13.8 Å². The number of pyridine rings is 1. The molecule has 0 bridgehead atoms. The highest BCUT2D eigenvalue weighted by Crippen LogP contribution is 2.25. The zero-order chi connectivity index (χ0) is 16.6. The van der Waals surface area contributed by atoms with Gasteiger partial charge in [-0.3, -0.25) is 9.20 Å². The molecular weight excluding hydrogens is 392 g/mol. The van der Waals surface area contributed by atoms with E-state index >= 15 is 0 Å². The van der Waals surface area contributed by atoms with Crippen LogP contribution in [0.1, 0.15) is 5.69 Å². The molecule has 0 aliphatic heterocycles. The lowest BCUT2D eigenvalue weighted by Gasteiger charge is -2.09. The number of benzene rings is 1. The Kier molecular flexibility index (Phi) is 4.32. The van der Waals surface area contributed by atoms with Crippen LogP contribution in [-0.4, -0.2) is 9.38 Å². The first-order valence-electron chi connectivity index (χ1n) is 6.50. The van der Waals surface area contributed by atoms with Crippen LogP contribution >= 0.6 is 27.5 Å². The van der Waals surface area contributed by atoms with Gasteiger partial charge in [0.15, 0.2) is 11.6 Å². The summed E-state index contributed by atoms with van der Waals surface area (Å²) in [6.45, 7) is 0.179. The molecule has 0 fully saturated rings. The van der Waals surface area contributed by atoms with E-state index in [9.17, 15) is 13.6 Å². The lowest BCUT2D eigenvalue weighted by Crippen LogP contribution is -2.16. The average molecular weight is 401 g/mol. The molecule has 3 rings (SSSR count). The zero-order valence-corrected chi connectivity index (χ0v) is 13.8. The molecule has 3 aromatic rings. The summed E-state index contributed by atoms with van der Waals surface area (Å²) < 4.78 is 28.1. The number of anilines is 1. The summed E-state index contributed by atoms with van der Waals surface area (Å²) in [7, 11) is 0. The standard InChI is InChI=1S/C15H9BrClF2N3O/c16-10-4-11(18)12(19)5-13(10)20-6-9-3-15(23)22-7-8(17)1-2-14(22)21-9/h1-5,7,20H,6H2. The minimum atomic E-state index is -0.961. The Labute approximate surface area is 142 Å². The number of fused-ring (bicyclic) bond motifs is 1. The van der Waals surface area contributed by atoms with Gasteiger partial charge in [-0.2, -0.15) is 0 Å². The molecule has 118 valence electrons. The summed E-state index contributed by atoms with van der Waals surface area (Å²) in [5.41, 5.74) is 0.998. The third-order valence-corrected chi connectivity index (χ3v) is 4.03. The van der Waals surface area contributed by atoms with Gasteiger partial charge in [0.05, 0.1) is 22.9 Å². The lowest BCUT2D eigenvalue weighted by atomic mass is 10.3. The zero-order valence-electron chi connectivity index (χ0n) is 11.5. The van der Waals surface area contributed by atoms with E-state index < -0.39 is 11.6 Å². The second-order valence-electron chi connectivity index (χ2n) is 4.76. The fraction of sp³-hybridized carbons (Fsp3) is 0.0667. The molecule has 0 aliphatic rings. The Bertz CT molecular complexity index is 961. The quantitative estimate of drug-likeness (QED) is 0.676. The fourth-order valence-corrected chi connectivity index (χ4v) is 2.68. The predicted molar refractivity (Wildman–Crippen MR) is 87.9 cm³/mol. The van der Waals surface area contributed by atoms with Crippen LogP contribution in [-0.2, 0) is 6.54 Å². The van der Waals surface area contributed by atoms with E-state index in [2.05, 4.69) is 26.2 Å². The van der Waals surface area contributed by atoms with Gasteiger partial charge in [-0.05, 0) is 34.1 Å². The molecule has 0 atom stereocenters. The molecule has 2 aromatic heterocycles. The Morgan fingerprint density at radius 1 is 1.22 bits per heavy atom. The minimum Gasteiger partial charge on any atom is -0.378 e. The number of aromatic nitrogens is 2. The molecule has 1 aromatic carbocycles. The fourth-order valence-electron chi connectivity index (χ4n) is 2.06. The van der Waals surface area contributed by atoms with Gasteiger partial charge in [0.25, 0.3) is 5.56 Å². The van der Waals surface area contributed by atoms with Crippen molar-refractivity contribution in [1.29, 1.82) is 0 Å². The van der Waals surface area contributed by atoms with Crippen molar-refractivity contribution >= 4 is 38.9 Å². The number of rotatable bonds is 3. The van der Waals surface area contributed by atoms with E-state index in [1.54, 1.807) is 12.1 Å². The normalized spacial score (nSPS) is 11.0. The molecule has 23 heavy (non-hydrogen) atoms. The Hall–Kier alpha value is -1.99. The van der Waals surface area contributed by atoms with Crippen LogP contribution in [0.2, 0.25) is 5.02 Å². The molecular formula is C15H9BrClF2N3O. The molecule has 0 unspecified atom stereocenters. The molecule has 0 radical (unpaired) electrons. The highest BCUT2D eigenvalue weighted by molar-refractivity contribution is 9.10. The number of nitrogens with zero attached hydrogens (tertiary/aromatic N) is 2. The van der Waals surface area contributed by atoms with Crippen LogP contribution in [0.5, 0.6) is 0 Å². The van der Waals surface area contributed by atoms with E-state index in [-0.39, 0.29) is 12.1 Å². The molecule has 2 heterocycles. The monoisotopic (exact) mass is 399 g/mol. The maximum atomic E-state index is 13.3. The van der Waals surface area contributed by atoms with Gasteiger partial charge in [-0.15, -0.1) is 0 Å². The van der Waals surface area contributed by atoms with Crippen molar-refractivity contribution in [2.45, 2.75) is 6.54 Å². The predicted octanol–water partition coefficient (Wildman–Crippen LogP) is 4.00. The summed E-state index contributed by atoms with van der Waals surface area (Å²) in [5, 5.41) is 3.34. The lowest BCUT2D eigenvalue weighted by molar-refractivity contribution is 0.508. The maximum absolute atomic E-state index is 13.3. The maximum Gasteiger partial charge on any atom is 0.258 e. The van der Waals surface area contributed by atoms with Crippen molar-refractivity contribution in [2.24, 2.45) is 0 Å². The van der Waals surface area contributed by atoms with Crippen LogP contribution in [0.25, 0.3) is 5.65 Å². The van der Waals surface area contributed by atoms with Crippen molar-refractivity contribution < 1.29 is 8.78 Å². The van der Waals surface area contributed by atoms with Gasteiger partial charge in [0, 0.05) is 22.8 Å². The van der Waals surface area contributed by atoms with Crippen molar-refractivity contribution in [3.63, 3.8) is 0 Å². The molecule has 1 N–H and O–H groups in total. The first-order valence-corrected chi connectivity index (χ1v) is 7.67. The summed E-state index contributed by atoms with van der Waals surface area (Å²) in [6, 6.07) is 6.67. The minimum absolute atomic E-state index is 0.179. The molecule has 8 heteroatoms. The molecule has 0 saturated carbocycles.